The molecule has 0 bridgehead atoms. The van der Waals surface area contributed by atoms with E-state index < -0.39 is 6.61 Å². The Morgan fingerprint density at radius 2 is 1.82 bits per heavy atom. The number of guanidine groups is 1. The van der Waals surface area contributed by atoms with E-state index in [1.807, 2.05) is 6.92 Å². The van der Waals surface area contributed by atoms with Crippen LogP contribution in [0, 0.1) is 5.82 Å². The van der Waals surface area contributed by atoms with Crippen LogP contribution in [0.1, 0.15) is 18.1 Å². The lowest BCUT2D eigenvalue weighted by atomic mass is 10.2. The van der Waals surface area contributed by atoms with Gasteiger partial charge in [-0.3, -0.25) is 0 Å². The Kier molecular flexibility index (Phi) is 10.5. The van der Waals surface area contributed by atoms with Crippen molar-refractivity contribution in [1.29, 1.82) is 0 Å². The van der Waals surface area contributed by atoms with Gasteiger partial charge >= 0.3 is 6.61 Å². The number of halogens is 4. The maximum absolute atomic E-state index is 13.0. The minimum absolute atomic E-state index is 0. The molecule has 154 valence electrons. The highest BCUT2D eigenvalue weighted by Crippen LogP contribution is 2.25. The molecule has 2 N–H and O–H groups in total. The van der Waals surface area contributed by atoms with Crippen LogP contribution in [0.4, 0.5) is 13.2 Å². The summed E-state index contributed by atoms with van der Waals surface area (Å²) in [5.41, 5.74) is 1.35. The molecule has 0 spiro atoms. The lowest BCUT2D eigenvalue weighted by Gasteiger charge is -2.15. The molecule has 0 radical (unpaired) electrons. The smallest absolute Gasteiger partial charge is 0.387 e. The molecule has 0 saturated carbocycles. The highest BCUT2D eigenvalue weighted by molar-refractivity contribution is 14.0. The van der Waals surface area contributed by atoms with E-state index in [0.717, 1.165) is 5.56 Å². The zero-order chi connectivity index (χ0) is 19.6. The van der Waals surface area contributed by atoms with Crippen LogP contribution in [0.3, 0.4) is 0 Å². The first-order valence-electron chi connectivity index (χ1n) is 8.40. The van der Waals surface area contributed by atoms with Gasteiger partial charge < -0.3 is 20.1 Å². The first-order chi connectivity index (χ1) is 13.0. The third-order valence-corrected chi connectivity index (χ3v) is 3.61. The largest absolute Gasteiger partial charge is 0.497 e. The normalized spacial score (nSPS) is 11.0. The van der Waals surface area contributed by atoms with Gasteiger partial charge in [0.2, 0.25) is 0 Å². The highest BCUT2D eigenvalue weighted by atomic mass is 127. The molecule has 0 fully saturated rings. The average molecular weight is 509 g/mol. The molecule has 0 unspecified atom stereocenters. The standard InChI is InChI=1S/C19H22F3N3O2.HI/c1-3-23-19(24-11-13-4-6-15(20)7-5-13)25-12-14-10-16(26-2)8-9-17(14)27-18(21)22;/h4-10,18H,3,11-12H2,1-2H3,(H2,23,24,25);1H. The van der Waals surface area contributed by atoms with Gasteiger partial charge in [-0.15, -0.1) is 24.0 Å². The first-order valence-corrected chi connectivity index (χ1v) is 8.40. The Labute approximate surface area is 179 Å². The number of methoxy groups -OCH3 is 1. The monoisotopic (exact) mass is 509 g/mol. The Morgan fingerprint density at radius 1 is 1.11 bits per heavy atom. The molecule has 0 saturated heterocycles. The summed E-state index contributed by atoms with van der Waals surface area (Å²) >= 11 is 0. The Bertz CT molecular complexity index is 759. The van der Waals surface area contributed by atoms with Gasteiger partial charge in [-0.1, -0.05) is 12.1 Å². The molecule has 0 amide bonds. The quantitative estimate of drug-likeness (QED) is 0.317. The summed E-state index contributed by atoms with van der Waals surface area (Å²) < 4.78 is 47.9. The average Bonchev–Trinajstić information content (AvgIpc) is 2.65. The molecule has 0 aromatic heterocycles. The molecule has 0 heterocycles. The minimum atomic E-state index is -2.92. The molecule has 0 aliphatic rings. The van der Waals surface area contributed by atoms with E-state index in [1.165, 1.54) is 25.3 Å². The maximum atomic E-state index is 13.0. The van der Waals surface area contributed by atoms with Gasteiger partial charge in [0.25, 0.3) is 0 Å². The number of alkyl halides is 2. The van der Waals surface area contributed by atoms with Gasteiger partial charge in [-0.2, -0.15) is 8.78 Å². The van der Waals surface area contributed by atoms with Gasteiger partial charge in [-0.25, -0.2) is 9.38 Å². The van der Waals surface area contributed by atoms with Crippen LogP contribution in [0.25, 0.3) is 0 Å². The van der Waals surface area contributed by atoms with Gasteiger partial charge in [0, 0.05) is 18.7 Å². The summed E-state index contributed by atoms with van der Waals surface area (Å²) in [6.07, 6.45) is 0. The number of hydrogen-bond donors (Lipinski definition) is 2. The second-order valence-corrected chi connectivity index (χ2v) is 5.53. The topological polar surface area (TPSA) is 54.9 Å². The summed E-state index contributed by atoms with van der Waals surface area (Å²) in [5.74, 6) is 0.777. The number of nitrogens with one attached hydrogen (secondary N) is 2. The molecule has 2 rings (SSSR count). The molecular formula is C19H23F3IN3O2. The van der Waals surface area contributed by atoms with Crippen molar-refractivity contribution >= 4 is 29.9 Å². The second-order valence-electron chi connectivity index (χ2n) is 5.53. The lowest BCUT2D eigenvalue weighted by molar-refractivity contribution is -0.0504. The van der Waals surface area contributed by atoms with Crippen molar-refractivity contribution in [2.75, 3.05) is 13.7 Å². The molecule has 9 heteroatoms. The van der Waals surface area contributed by atoms with E-state index in [-0.39, 0.29) is 42.1 Å². The number of hydrogen-bond acceptors (Lipinski definition) is 3. The SMILES string of the molecule is CCNC(=NCc1ccc(F)cc1)NCc1cc(OC)ccc1OC(F)F.I. The Morgan fingerprint density at radius 3 is 2.43 bits per heavy atom. The Balaban J connectivity index is 0.00000392. The van der Waals surface area contributed by atoms with Crippen molar-refractivity contribution in [3.05, 3.63) is 59.4 Å². The van der Waals surface area contributed by atoms with Crippen LogP contribution < -0.4 is 20.1 Å². The Hall–Kier alpha value is -2.17. The van der Waals surface area contributed by atoms with Crippen molar-refractivity contribution in [2.24, 2.45) is 4.99 Å². The number of ether oxygens (including phenoxy) is 2. The predicted octanol–water partition coefficient (Wildman–Crippen LogP) is 4.31. The molecule has 2 aromatic rings. The minimum Gasteiger partial charge on any atom is -0.497 e. The van der Waals surface area contributed by atoms with E-state index >= 15 is 0 Å². The van der Waals surface area contributed by atoms with Crippen LogP contribution in [-0.4, -0.2) is 26.2 Å². The van der Waals surface area contributed by atoms with Crippen molar-refractivity contribution in [2.45, 2.75) is 26.6 Å². The predicted molar refractivity (Wildman–Crippen MR) is 113 cm³/mol. The van der Waals surface area contributed by atoms with Crippen molar-refractivity contribution < 1.29 is 22.6 Å². The van der Waals surface area contributed by atoms with Crippen LogP contribution in [0.2, 0.25) is 0 Å². The number of rotatable bonds is 8. The van der Waals surface area contributed by atoms with E-state index in [0.29, 0.717) is 30.4 Å². The highest BCUT2D eigenvalue weighted by Gasteiger charge is 2.11. The molecular weight excluding hydrogens is 486 g/mol. The summed E-state index contributed by atoms with van der Waals surface area (Å²) in [7, 11) is 1.49. The fourth-order valence-corrected chi connectivity index (χ4v) is 2.31. The molecule has 0 aliphatic carbocycles. The van der Waals surface area contributed by atoms with Gasteiger partial charge in [0.05, 0.1) is 13.7 Å². The van der Waals surface area contributed by atoms with Gasteiger partial charge in [0.1, 0.15) is 17.3 Å². The van der Waals surface area contributed by atoms with Crippen LogP contribution in [0.15, 0.2) is 47.5 Å². The molecule has 28 heavy (non-hydrogen) atoms. The molecule has 0 aliphatic heterocycles. The molecule has 2 aromatic carbocycles. The summed E-state index contributed by atoms with van der Waals surface area (Å²) in [6.45, 7) is 0.153. The van der Waals surface area contributed by atoms with Crippen molar-refractivity contribution in [3.63, 3.8) is 0 Å². The molecule has 5 nitrogen and oxygen atoms in total. The third kappa shape index (κ3) is 7.83. The third-order valence-electron chi connectivity index (χ3n) is 3.61. The van der Waals surface area contributed by atoms with E-state index in [9.17, 15) is 13.2 Å². The first kappa shape index (κ1) is 23.9. The van der Waals surface area contributed by atoms with Crippen LogP contribution >= 0.6 is 24.0 Å². The van der Waals surface area contributed by atoms with Gasteiger partial charge in [-0.05, 0) is 42.8 Å². The van der Waals surface area contributed by atoms with Crippen LogP contribution in [0.5, 0.6) is 11.5 Å². The number of benzene rings is 2. The summed E-state index contributed by atoms with van der Waals surface area (Å²) in [6, 6.07) is 10.6. The summed E-state index contributed by atoms with van der Waals surface area (Å²) in [5, 5.41) is 6.14. The van der Waals surface area contributed by atoms with Crippen LogP contribution in [-0.2, 0) is 13.1 Å². The lowest BCUT2D eigenvalue weighted by Crippen LogP contribution is -2.36. The van der Waals surface area contributed by atoms with Gasteiger partial charge in [0.15, 0.2) is 5.96 Å². The number of nitrogens with zero attached hydrogens (tertiary/aromatic N) is 1. The van der Waals surface area contributed by atoms with E-state index in [4.69, 9.17) is 4.74 Å². The zero-order valence-electron chi connectivity index (χ0n) is 15.5. The summed E-state index contributed by atoms with van der Waals surface area (Å²) in [4.78, 5) is 4.41. The van der Waals surface area contributed by atoms with Crippen molar-refractivity contribution in [3.8, 4) is 11.5 Å². The second kappa shape index (κ2) is 12.3. The fourth-order valence-electron chi connectivity index (χ4n) is 2.31. The maximum Gasteiger partial charge on any atom is 0.387 e. The molecule has 0 atom stereocenters. The zero-order valence-corrected chi connectivity index (χ0v) is 17.9. The van der Waals surface area contributed by atoms with E-state index in [1.54, 1.807) is 24.3 Å². The van der Waals surface area contributed by atoms with Crippen molar-refractivity contribution in [1.82, 2.24) is 10.6 Å². The number of aliphatic imine (C=N–C) groups is 1. The fraction of sp³-hybridized carbons (Fsp3) is 0.316. The van der Waals surface area contributed by atoms with E-state index in [2.05, 4.69) is 20.4 Å².